The van der Waals surface area contributed by atoms with Gasteiger partial charge in [0, 0.05) is 29.0 Å². The minimum absolute atomic E-state index is 0.0373. The van der Waals surface area contributed by atoms with E-state index in [0.717, 1.165) is 35.2 Å². The summed E-state index contributed by atoms with van der Waals surface area (Å²) >= 11 is 0. The number of anilines is 2. The zero-order valence-corrected chi connectivity index (χ0v) is 17.0. The van der Waals surface area contributed by atoms with Crippen LogP contribution in [0.25, 0.3) is 0 Å². The Morgan fingerprint density at radius 3 is 2.33 bits per heavy atom. The molecule has 1 aliphatic heterocycles. The average Bonchev–Trinajstić information content (AvgIpc) is 2.73. The van der Waals surface area contributed by atoms with Crippen molar-refractivity contribution in [1.82, 2.24) is 0 Å². The van der Waals surface area contributed by atoms with E-state index < -0.39 is 0 Å². The molecular weight excluding hydrogens is 379 g/mol. The molecule has 3 aromatic rings. The molecule has 0 fully saturated rings. The molecule has 0 atom stereocenters. The lowest BCUT2D eigenvalue weighted by molar-refractivity contribution is 0.0984. The average molecular weight is 402 g/mol. The molecule has 1 N–H and O–H groups in total. The summed E-state index contributed by atoms with van der Waals surface area (Å²) in [4.78, 5) is 27.7. The summed E-state index contributed by atoms with van der Waals surface area (Å²) in [6.07, 6.45) is 1.58. The predicted molar refractivity (Wildman–Crippen MR) is 117 cm³/mol. The van der Waals surface area contributed by atoms with Crippen LogP contribution in [-0.2, 0) is 6.42 Å². The highest BCUT2D eigenvalue weighted by Crippen LogP contribution is 2.34. The van der Waals surface area contributed by atoms with E-state index in [0.29, 0.717) is 23.4 Å². The van der Waals surface area contributed by atoms with Gasteiger partial charge in [0.05, 0.1) is 0 Å². The number of rotatable bonds is 3. The molecule has 1 heterocycles. The van der Waals surface area contributed by atoms with E-state index in [1.165, 1.54) is 24.3 Å². The van der Waals surface area contributed by atoms with Crippen LogP contribution in [0.5, 0.6) is 0 Å². The third kappa shape index (κ3) is 3.96. The molecule has 0 aliphatic carbocycles. The minimum atomic E-state index is -0.385. The van der Waals surface area contributed by atoms with Crippen LogP contribution in [0.4, 0.5) is 15.8 Å². The van der Waals surface area contributed by atoms with E-state index in [9.17, 15) is 14.0 Å². The quantitative estimate of drug-likeness (QED) is 0.647. The van der Waals surface area contributed by atoms with Crippen LogP contribution in [0, 0.1) is 19.7 Å². The molecule has 30 heavy (non-hydrogen) atoms. The van der Waals surface area contributed by atoms with Crippen LogP contribution in [-0.4, -0.2) is 18.4 Å². The Kier molecular flexibility index (Phi) is 5.36. The number of hydrogen-bond donors (Lipinski definition) is 1. The maximum atomic E-state index is 13.3. The number of nitrogens with zero attached hydrogens (tertiary/aromatic N) is 1. The molecule has 2 amide bonds. The maximum absolute atomic E-state index is 13.3. The lowest BCUT2D eigenvalue weighted by Crippen LogP contribution is -2.36. The molecule has 0 spiro atoms. The largest absolute Gasteiger partial charge is 0.322 e. The van der Waals surface area contributed by atoms with Gasteiger partial charge >= 0.3 is 0 Å². The summed E-state index contributed by atoms with van der Waals surface area (Å²) in [6, 6.07) is 16.9. The van der Waals surface area contributed by atoms with Crippen LogP contribution in [0.2, 0.25) is 0 Å². The second kappa shape index (κ2) is 8.11. The first-order valence-corrected chi connectivity index (χ1v) is 10.0. The van der Waals surface area contributed by atoms with Gasteiger partial charge in [0.25, 0.3) is 11.8 Å². The number of fused-ring (bicyclic) bond motifs is 1. The van der Waals surface area contributed by atoms with Crippen molar-refractivity contribution in [3.05, 3.63) is 94.3 Å². The van der Waals surface area contributed by atoms with E-state index in [4.69, 9.17) is 0 Å². The molecule has 4 nitrogen and oxygen atoms in total. The SMILES string of the molecule is Cc1cc(C)cc(C(=O)N2CCCc3c(NC(=O)c4ccc(F)cc4)cccc32)c1. The summed E-state index contributed by atoms with van der Waals surface area (Å²) < 4.78 is 13.1. The Balaban J connectivity index is 1.64. The first-order chi connectivity index (χ1) is 14.4. The van der Waals surface area contributed by atoms with Crippen molar-refractivity contribution in [2.24, 2.45) is 0 Å². The van der Waals surface area contributed by atoms with Gasteiger partial charge in [-0.25, -0.2) is 4.39 Å². The van der Waals surface area contributed by atoms with Crippen LogP contribution in [0.3, 0.4) is 0 Å². The van der Waals surface area contributed by atoms with Crippen LogP contribution >= 0.6 is 0 Å². The van der Waals surface area contributed by atoms with Crippen LogP contribution < -0.4 is 10.2 Å². The van der Waals surface area contributed by atoms with Crippen molar-refractivity contribution in [1.29, 1.82) is 0 Å². The van der Waals surface area contributed by atoms with Crippen molar-refractivity contribution >= 4 is 23.2 Å². The molecule has 0 bridgehead atoms. The van der Waals surface area contributed by atoms with Gasteiger partial charge in [-0.1, -0.05) is 23.3 Å². The van der Waals surface area contributed by atoms with Gasteiger partial charge in [-0.15, -0.1) is 0 Å². The van der Waals surface area contributed by atoms with Gasteiger partial charge in [0.2, 0.25) is 0 Å². The number of nitrogens with one attached hydrogen (secondary N) is 1. The second-order valence-electron chi connectivity index (χ2n) is 7.70. The highest BCUT2D eigenvalue weighted by molar-refractivity contribution is 6.09. The summed E-state index contributed by atoms with van der Waals surface area (Å²) in [5, 5.41) is 2.92. The van der Waals surface area contributed by atoms with Crippen molar-refractivity contribution < 1.29 is 14.0 Å². The summed E-state index contributed by atoms with van der Waals surface area (Å²) in [5.41, 5.74) is 5.60. The van der Waals surface area contributed by atoms with E-state index in [-0.39, 0.29) is 17.6 Å². The van der Waals surface area contributed by atoms with E-state index in [2.05, 4.69) is 5.32 Å². The number of carbonyl (C=O) groups excluding carboxylic acids is 2. The summed E-state index contributed by atoms with van der Waals surface area (Å²) in [5.74, 6) is -0.727. The zero-order chi connectivity index (χ0) is 21.3. The van der Waals surface area contributed by atoms with Gasteiger partial charge in [-0.2, -0.15) is 0 Å². The molecule has 5 heteroatoms. The number of halogens is 1. The van der Waals surface area contributed by atoms with Crippen molar-refractivity contribution in [3.63, 3.8) is 0 Å². The molecule has 152 valence electrons. The van der Waals surface area contributed by atoms with E-state index in [1.54, 1.807) is 4.90 Å². The number of benzene rings is 3. The van der Waals surface area contributed by atoms with E-state index in [1.807, 2.05) is 50.2 Å². The molecule has 0 saturated carbocycles. The highest BCUT2D eigenvalue weighted by atomic mass is 19.1. The molecule has 0 saturated heterocycles. The zero-order valence-electron chi connectivity index (χ0n) is 17.0. The Bertz CT molecular complexity index is 1100. The second-order valence-corrected chi connectivity index (χ2v) is 7.70. The Hall–Kier alpha value is -3.47. The molecule has 0 radical (unpaired) electrons. The van der Waals surface area contributed by atoms with Gasteiger partial charge < -0.3 is 10.2 Å². The van der Waals surface area contributed by atoms with Crippen molar-refractivity contribution in [2.45, 2.75) is 26.7 Å². The fourth-order valence-corrected chi connectivity index (χ4v) is 4.00. The Morgan fingerprint density at radius 2 is 1.63 bits per heavy atom. The van der Waals surface area contributed by atoms with Crippen LogP contribution in [0.1, 0.15) is 43.8 Å². The predicted octanol–water partition coefficient (Wildman–Crippen LogP) is 5.29. The van der Waals surface area contributed by atoms with Gasteiger partial charge in [0.1, 0.15) is 5.82 Å². The minimum Gasteiger partial charge on any atom is -0.322 e. The molecule has 3 aromatic carbocycles. The summed E-state index contributed by atoms with van der Waals surface area (Å²) in [6.45, 7) is 4.60. The monoisotopic (exact) mass is 402 g/mol. The standard InChI is InChI=1S/C25H23FN2O2/c1-16-13-17(2)15-19(14-16)25(30)28-12-4-5-21-22(6-3-7-23(21)28)27-24(29)18-8-10-20(26)11-9-18/h3,6-11,13-15H,4-5,12H2,1-2H3,(H,27,29). The lowest BCUT2D eigenvalue weighted by Gasteiger charge is -2.31. The number of carbonyl (C=O) groups is 2. The first kappa shape index (κ1) is 19.8. The molecular formula is C25H23FN2O2. The maximum Gasteiger partial charge on any atom is 0.258 e. The third-order valence-electron chi connectivity index (χ3n) is 5.32. The number of hydrogen-bond acceptors (Lipinski definition) is 2. The van der Waals surface area contributed by atoms with E-state index >= 15 is 0 Å². The highest BCUT2D eigenvalue weighted by Gasteiger charge is 2.26. The normalized spacial score (nSPS) is 13.0. The molecule has 4 rings (SSSR count). The van der Waals surface area contributed by atoms with Crippen molar-refractivity contribution in [3.8, 4) is 0 Å². The fraction of sp³-hybridized carbons (Fsp3) is 0.200. The van der Waals surface area contributed by atoms with Gasteiger partial charge in [-0.05, 0) is 80.8 Å². The Labute approximate surface area is 175 Å². The lowest BCUT2D eigenvalue weighted by atomic mass is 9.98. The third-order valence-corrected chi connectivity index (χ3v) is 5.32. The molecule has 0 unspecified atom stereocenters. The first-order valence-electron chi connectivity index (χ1n) is 10.0. The van der Waals surface area contributed by atoms with Crippen LogP contribution in [0.15, 0.2) is 60.7 Å². The van der Waals surface area contributed by atoms with Gasteiger partial charge in [0.15, 0.2) is 0 Å². The number of aryl methyl sites for hydroxylation is 2. The topological polar surface area (TPSA) is 49.4 Å². The fourth-order valence-electron chi connectivity index (χ4n) is 4.00. The number of amides is 2. The summed E-state index contributed by atoms with van der Waals surface area (Å²) in [7, 11) is 0. The smallest absolute Gasteiger partial charge is 0.258 e. The Morgan fingerprint density at radius 1 is 0.933 bits per heavy atom. The van der Waals surface area contributed by atoms with Crippen molar-refractivity contribution in [2.75, 3.05) is 16.8 Å². The molecule has 0 aromatic heterocycles. The molecule has 1 aliphatic rings. The van der Waals surface area contributed by atoms with Gasteiger partial charge in [-0.3, -0.25) is 9.59 Å².